The lowest BCUT2D eigenvalue weighted by atomic mass is 10.1. The molecule has 7 nitrogen and oxygen atoms in total. The van der Waals surface area contributed by atoms with Crippen LogP contribution in [-0.4, -0.2) is 41.1 Å². The van der Waals surface area contributed by atoms with Gasteiger partial charge in [0.2, 0.25) is 5.71 Å². The minimum absolute atomic E-state index is 0.0757. The zero-order valence-corrected chi connectivity index (χ0v) is 14.6. The number of anilines is 2. The van der Waals surface area contributed by atoms with Crippen molar-refractivity contribution in [3.8, 4) is 0 Å². The zero-order chi connectivity index (χ0) is 18.2. The lowest BCUT2D eigenvalue weighted by molar-refractivity contribution is -0.377. The Morgan fingerprint density at radius 1 is 1.20 bits per heavy atom. The van der Waals surface area contributed by atoms with Crippen LogP contribution < -0.4 is 10.3 Å². The Balaban J connectivity index is 2.06. The average molecular weight is 364 g/mol. The van der Waals surface area contributed by atoms with E-state index < -0.39 is 4.90 Å². The summed E-state index contributed by atoms with van der Waals surface area (Å²) < 4.78 is 0. The van der Waals surface area contributed by atoms with Crippen LogP contribution in [0.2, 0.25) is 0 Å². The number of aliphatic hydroxyl groups is 1. The predicted octanol–water partition coefficient (Wildman–Crippen LogP) is 2.80. The summed E-state index contributed by atoms with van der Waals surface area (Å²) in [4.78, 5) is 1.60. The molecule has 2 N–H and O–H groups in total. The summed E-state index contributed by atoms with van der Waals surface area (Å²) in [5.74, 6) is 0. The molecule has 0 aromatic heterocycles. The Hall–Kier alpha value is -2.51. The van der Waals surface area contributed by atoms with Crippen LogP contribution in [0, 0.1) is 10.4 Å². The van der Waals surface area contributed by atoms with Gasteiger partial charge in [0.05, 0.1) is 17.3 Å². The second kappa shape index (κ2) is 9.10. The summed E-state index contributed by atoms with van der Waals surface area (Å²) in [6.45, 7) is 3.65. The molecule has 0 atom stereocenters. The molecule has 0 unspecified atom stereocenters. The number of nitrogens with zero attached hydrogens (tertiary/aromatic N) is 3. The molecule has 1 aromatic rings. The number of halogens is 1. The standard InChI is InChI=1S/C17H20ClN4O3/c1-2-9-21(10-11-23)14-5-3-13(4-6-14)19-20-17-8-7-15(22(24)25)12-16(17)18/h3-8,12,19,23H,2,9-11H2,1H3/q-1. The maximum absolute atomic E-state index is 10.7. The highest BCUT2D eigenvalue weighted by Gasteiger charge is 2.12. The fourth-order valence-electron chi connectivity index (χ4n) is 2.33. The smallest absolute Gasteiger partial charge is 0.224 e. The van der Waals surface area contributed by atoms with Crippen LogP contribution >= 0.6 is 11.6 Å². The van der Waals surface area contributed by atoms with Gasteiger partial charge in [0.25, 0.3) is 0 Å². The van der Waals surface area contributed by atoms with Crippen molar-refractivity contribution in [3.05, 3.63) is 57.9 Å². The van der Waals surface area contributed by atoms with Crippen molar-refractivity contribution in [1.29, 1.82) is 0 Å². The Labute approximate surface area is 151 Å². The van der Waals surface area contributed by atoms with E-state index in [0.717, 1.165) is 24.3 Å². The molecule has 0 fully saturated rings. The summed E-state index contributed by atoms with van der Waals surface area (Å²) in [6.07, 6.45) is 5.11. The molecule has 0 heterocycles. The van der Waals surface area contributed by atoms with Crippen LogP contribution in [0.1, 0.15) is 13.3 Å². The van der Waals surface area contributed by atoms with Gasteiger partial charge in [0, 0.05) is 30.9 Å². The molecule has 2 rings (SSSR count). The van der Waals surface area contributed by atoms with Crippen molar-refractivity contribution in [2.45, 2.75) is 13.3 Å². The van der Waals surface area contributed by atoms with Crippen LogP contribution in [-0.2, 0) is 0 Å². The van der Waals surface area contributed by atoms with E-state index in [9.17, 15) is 10.4 Å². The van der Waals surface area contributed by atoms with E-state index in [2.05, 4.69) is 22.4 Å². The second-order valence-corrected chi connectivity index (χ2v) is 5.78. The third-order valence-corrected chi connectivity index (χ3v) is 3.85. The van der Waals surface area contributed by atoms with Crippen LogP contribution in [0.3, 0.4) is 0 Å². The zero-order valence-electron chi connectivity index (χ0n) is 13.9. The molecule has 1 aromatic carbocycles. The van der Waals surface area contributed by atoms with Gasteiger partial charge in [-0.05, 0) is 36.8 Å². The van der Waals surface area contributed by atoms with Crippen LogP contribution in [0.4, 0.5) is 11.4 Å². The highest BCUT2D eigenvalue weighted by Crippen LogP contribution is 2.19. The Kier molecular flexibility index (Phi) is 6.85. The van der Waals surface area contributed by atoms with E-state index in [4.69, 9.17) is 16.7 Å². The highest BCUT2D eigenvalue weighted by molar-refractivity contribution is 6.48. The van der Waals surface area contributed by atoms with Crippen molar-refractivity contribution in [2.24, 2.45) is 5.10 Å². The molecule has 0 saturated heterocycles. The summed E-state index contributed by atoms with van der Waals surface area (Å²) >= 11 is 6.01. The van der Waals surface area contributed by atoms with E-state index in [1.165, 1.54) is 18.2 Å². The molecule has 134 valence electrons. The molecule has 0 amide bonds. The first-order valence-electron chi connectivity index (χ1n) is 7.91. The Bertz CT molecular complexity index is 701. The molecule has 0 saturated carbocycles. The summed E-state index contributed by atoms with van der Waals surface area (Å²) in [7, 11) is 0. The summed E-state index contributed by atoms with van der Waals surface area (Å²) in [6, 6.07) is 7.64. The molecule has 1 aliphatic rings. The van der Waals surface area contributed by atoms with Gasteiger partial charge in [-0.15, -0.1) is 0 Å². The van der Waals surface area contributed by atoms with E-state index in [1.54, 1.807) is 0 Å². The second-order valence-electron chi connectivity index (χ2n) is 5.37. The van der Waals surface area contributed by atoms with Gasteiger partial charge in [-0.3, -0.25) is 5.43 Å². The van der Waals surface area contributed by atoms with Crippen LogP contribution in [0.5, 0.6) is 0 Å². The topological polar surface area (TPSA) is 97.0 Å². The highest BCUT2D eigenvalue weighted by atomic mass is 35.5. The fraction of sp³-hybridized carbons (Fsp3) is 0.294. The maximum atomic E-state index is 10.7. The lowest BCUT2D eigenvalue weighted by Gasteiger charge is -2.23. The number of nitrogens with one attached hydrogen (secondary N) is 1. The summed E-state index contributed by atoms with van der Waals surface area (Å²) in [5, 5.41) is 34.9. The van der Waals surface area contributed by atoms with Crippen LogP contribution in [0.25, 0.3) is 0 Å². The Morgan fingerprint density at radius 3 is 2.48 bits per heavy atom. The first-order valence-corrected chi connectivity index (χ1v) is 8.29. The van der Waals surface area contributed by atoms with E-state index in [1.807, 2.05) is 24.3 Å². The van der Waals surface area contributed by atoms with E-state index in [0.29, 0.717) is 12.3 Å². The number of allylic oxidation sites excluding steroid dienone is 4. The average Bonchev–Trinajstić information content (AvgIpc) is 2.61. The molecular formula is C17H20ClN4O3-. The minimum Gasteiger partial charge on any atom is -0.612 e. The third-order valence-electron chi connectivity index (χ3n) is 3.54. The molecule has 0 spiro atoms. The van der Waals surface area contributed by atoms with Crippen molar-refractivity contribution < 1.29 is 10.0 Å². The van der Waals surface area contributed by atoms with Crippen molar-refractivity contribution in [3.63, 3.8) is 0 Å². The number of hydrogen-bond donors (Lipinski definition) is 2. The first kappa shape index (κ1) is 18.8. The fourth-order valence-corrected chi connectivity index (χ4v) is 2.55. The quantitative estimate of drug-likeness (QED) is 0.441. The van der Waals surface area contributed by atoms with Crippen molar-refractivity contribution >= 4 is 34.4 Å². The molecule has 0 aliphatic heterocycles. The number of hydrogen-bond acceptors (Lipinski definition) is 6. The van der Waals surface area contributed by atoms with Crippen LogP contribution in [0.15, 0.2) is 52.6 Å². The maximum Gasteiger partial charge on any atom is 0.224 e. The first-order chi connectivity index (χ1) is 12.0. The van der Waals surface area contributed by atoms with E-state index in [-0.39, 0.29) is 17.4 Å². The number of hydrazone groups is 1. The van der Waals surface area contributed by atoms with Gasteiger partial charge in [0.15, 0.2) is 0 Å². The van der Waals surface area contributed by atoms with Crippen molar-refractivity contribution in [1.82, 2.24) is 0 Å². The molecule has 0 radical (unpaired) electrons. The van der Waals surface area contributed by atoms with Crippen molar-refractivity contribution in [2.75, 3.05) is 30.0 Å². The SMILES string of the molecule is CCCN(CCO)c1ccc(NN=C2C=CC(=[N+]([O-])[O-])C=C2Cl)cc1. The normalized spacial score (nSPS) is 15.2. The monoisotopic (exact) mass is 363 g/mol. The number of rotatable bonds is 7. The minimum atomic E-state index is -0.504. The third kappa shape index (κ3) is 5.23. The predicted molar refractivity (Wildman–Crippen MR) is 102 cm³/mol. The van der Waals surface area contributed by atoms with Gasteiger partial charge >= 0.3 is 0 Å². The van der Waals surface area contributed by atoms with Gasteiger partial charge < -0.3 is 20.4 Å². The number of benzene rings is 1. The molecule has 0 bridgehead atoms. The van der Waals surface area contributed by atoms with Gasteiger partial charge in [0.1, 0.15) is 5.71 Å². The van der Waals surface area contributed by atoms with Gasteiger partial charge in [-0.25, -0.2) is 0 Å². The van der Waals surface area contributed by atoms with Gasteiger partial charge in [-0.2, -0.15) is 10.0 Å². The molecule has 25 heavy (non-hydrogen) atoms. The Morgan fingerprint density at radius 2 is 1.92 bits per heavy atom. The molecule has 1 aliphatic carbocycles. The van der Waals surface area contributed by atoms with Gasteiger partial charge in [-0.1, -0.05) is 18.5 Å². The largest absolute Gasteiger partial charge is 0.612 e. The summed E-state index contributed by atoms with van der Waals surface area (Å²) in [5.41, 5.74) is 5.01. The van der Waals surface area contributed by atoms with E-state index >= 15 is 0 Å². The lowest BCUT2D eigenvalue weighted by Crippen LogP contribution is -2.27. The molecular weight excluding hydrogens is 344 g/mol. The number of aliphatic hydroxyl groups excluding tert-OH is 1. The molecule has 8 heteroatoms.